The quantitative estimate of drug-likeness (QED) is 0.860. The Hall–Kier alpha value is -1.67. The molecule has 0 spiro atoms. The average Bonchev–Trinajstić information content (AvgIpc) is 2.32. The maximum Gasteiger partial charge on any atom is 0.120 e. The van der Waals surface area contributed by atoms with E-state index in [0.717, 1.165) is 16.8 Å². The minimum absolute atomic E-state index is 0.317. The third-order valence-corrected chi connectivity index (χ3v) is 2.81. The molecule has 0 aromatic heterocycles. The van der Waals surface area contributed by atoms with E-state index in [4.69, 9.17) is 11.6 Å². The van der Waals surface area contributed by atoms with Crippen molar-refractivity contribution in [1.29, 1.82) is 0 Å². The first-order valence-corrected chi connectivity index (χ1v) is 5.81. The summed E-state index contributed by atoms with van der Waals surface area (Å²) in [5.41, 5.74) is 3.01. The molecule has 0 radical (unpaired) electrons. The summed E-state index contributed by atoms with van der Waals surface area (Å²) < 4.78 is 0. The molecule has 88 valence electrons. The highest BCUT2D eigenvalue weighted by Gasteiger charge is 2.01. The monoisotopic (exact) mass is 247 g/mol. The van der Waals surface area contributed by atoms with Gasteiger partial charge in [-0.15, -0.1) is 0 Å². The number of hydrogen-bond donors (Lipinski definition) is 2. The lowest BCUT2D eigenvalue weighted by Crippen LogP contribution is -1.99. The van der Waals surface area contributed by atoms with Crippen molar-refractivity contribution >= 4 is 17.3 Å². The normalized spacial score (nSPS) is 10.2. The van der Waals surface area contributed by atoms with E-state index in [1.165, 1.54) is 0 Å². The number of aryl methyl sites for hydroxylation is 1. The molecule has 0 heterocycles. The lowest BCUT2D eigenvalue weighted by Gasteiger charge is -2.09. The molecule has 0 aliphatic carbocycles. The number of rotatable bonds is 3. The molecule has 2 aromatic carbocycles. The molecule has 0 amide bonds. The van der Waals surface area contributed by atoms with Gasteiger partial charge in [0.05, 0.1) is 0 Å². The molecular weight excluding hydrogens is 234 g/mol. The second-order valence-corrected chi connectivity index (χ2v) is 4.43. The third kappa shape index (κ3) is 3.14. The summed E-state index contributed by atoms with van der Waals surface area (Å²) in [4.78, 5) is 0. The molecule has 0 saturated heterocycles. The van der Waals surface area contributed by atoms with Crippen molar-refractivity contribution in [2.75, 3.05) is 5.32 Å². The Morgan fingerprint density at radius 3 is 2.53 bits per heavy atom. The second-order valence-electron chi connectivity index (χ2n) is 3.99. The van der Waals surface area contributed by atoms with Gasteiger partial charge in [-0.25, -0.2) is 0 Å². The van der Waals surface area contributed by atoms with E-state index in [-0.39, 0.29) is 0 Å². The van der Waals surface area contributed by atoms with Crippen LogP contribution < -0.4 is 5.32 Å². The van der Waals surface area contributed by atoms with Crippen LogP contribution in [0.3, 0.4) is 0 Å². The zero-order valence-electron chi connectivity index (χ0n) is 9.57. The van der Waals surface area contributed by atoms with Gasteiger partial charge in [0.2, 0.25) is 0 Å². The van der Waals surface area contributed by atoms with Gasteiger partial charge in [0.1, 0.15) is 5.75 Å². The highest BCUT2D eigenvalue weighted by atomic mass is 35.5. The van der Waals surface area contributed by atoms with Crippen molar-refractivity contribution < 1.29 is 5.11 Å². The van der Waals surface area contributed by atoms with Crippen molar-refractivity contribution in [3.8, 4) is 5.75 Å². The number of halogens is 1. The van der Waals surface area contributed by atoms with Crippen molar-refractivity contribution in [2.45, 2.75) is 13.5 Å². The molecule has 3 heteroatoms. The maximum atomic E-state index is 9.70. The van der Waals surface area contributed by atoms with Crippen LogP contribution in [0.1, 0.15) is 11.1 Å². The van der Waals surface area contributed by atoms with Gasteiger partial charge in [-0.1, -0.05) is 29.3 Å². The lowest BCUT2D eigenvalue weighted by atomic mass is 10.1. The van der Waals surface area contributed by atoms with Crippen LogP contribution >= 0.6 is 11.6 Å². The van der Waals surface area contributed by atoms with Gasteiger partial charge >= 0.3 is 0 Å². The highest BCUT2D eigenvalue weighted by Crippen LogP contribution is 2.20. The summed E-state index contributed by atoms with van der Waals surface area (Å²) in [6.07, 6.45) is 0. The third-order valence-electron chi connectivity index (χ3n) is 2.56. The number of phenolic OH excluding ortho intramolecular Hbond substituents is 1. The van der Waals surface area contributed by atoms with E-state index >= 15 is 0 Å². The SMILES string of the molecule is Cc1ccc(O)c(CNc2ccc(Cl)cc2)c1. The van der Waals surface area contributed by atoms with Crippen molar-refractivity contribution in [1.82, 2.24) is 0 Å². The van der Waals surface area contributed by atoms with Gasteiger partial charge in [-0.2, -0.15) is 0 Å². The Labute approximate surface area is 106 Å². The fraction of sp³-hybridized carbons (Fsp3) is 0.143. The Bertz CT molecular complexity index is 508. The molecule has 0 fully saturated rings. The Morgan fingerprint density at radius 1 is 1.12 bits per heavy atom. The molecule has 2 N–H and O–H groups in total. The first-order chi connectivity index (χ1) is 8.15. The van der Waals surface area contributed by atoms with E-state index in [1.54, 1.807) is 6.07 Å². The van der Waals surface area contributed by atoms with E-state index in [0.29, 0.717) is 17.3 Å². The van der Waals surface area contributed by atoms with Crippen molar-refractivity contribution in [3.05, 3.63) is 58.6 Å². The van der Waals surface area contributed by atoms with Crippen molar-refractivity contribution in [3.63, 3.8) is 0 Å². The zero-order chi connectivity index (χ0) is 12.3. The number of aromatic hydroxyl groups is 1. The maximum absolute atomic E-state index is 9.70. The number of hydrogen-bond acceptors (Lipinski definition) is 2. The topological polar surface area (TPSA) is 32.3 Å². The summed E-state index contributed by atoms with van der Waals surface area (Å²) in [5, 5.41) is 13.7. The molecule has 2 aromatic rings. The molecule has 2 rings (SSSR count). The summed E-state index contributed by atoms with van der Waals surface area (Å²) in [7, 11) is 0. The van der Waals surface area contributed by atoms with Crippen molar-refractivity contribution in [2.24, 2.45) is 0 Å². The van der Waals surface area contributed by atoms with Gasteiger partial charge in [0.25, 0.3) is 0 Å². The minimum Gasteiger partial charge on any atom is -0.508 e. The van der Waals surface area contributed by atoms with Crippen LogP contribution in [-0.2, 0) is 6.54 Å². The van der Waals surface area contributed by atoms with Gasteiger partial charge in [0, 0.05) is 22.8 Å². The van der Waals surface area contributed by atoms with E-state index in [9.17, 15) is 5.11 Å². The van der Waals surface area contributed by atoms with Crippen LogP contribution in [0.4, 0.5) is 5.69 Å². The van der Waals surface area contributed by atoms with E-state index < -0.39 is 0 Å². The summed E-state index contributed by atoms with van der Waals surface area (Å²) in [5.74, 6) is 0.317. The van der Waals surface area contributed by atoms with Crippen LogP contribution in [0.25, 0.3) is 0 Å². The molecule has 0 unspecified atom stereocenters. The van der Waals surface area contributed by atoms with Gasteiger partial charge in [0.15, 0.2) is 0 Å². The predicted molar refractivity (Wildman–Crippen MR) is 71.6 cm³/mol. The Kier molecular flexibility index (Phi) is 3.55. The molecule has 2 nitrogen and oxygen atoms in total. The standard InChI is InChI=1S/C14H14ClNO/c1-10-2-7-14(17)11(8-10)9-16-13-5-3-12(15)4-6-13/h2-8,16-17H,9H2,1H3. The van der Waals surface area contributed by atoms with E-state index in [2.05, 4.69) is 5.32 Å². The number of benzene rings is 2. The van der Waals surface area contributed by atoms with Crippen LogP contribution in [-0.4, -0.2) is 5.11 Å². The lowest BCUT2D eigenvalue weighted by molar-refractivity contribution is 0.469. The Morgan fingerprint density at radius 2 is 1.82 bits per heavy atom. The molecular formula is C14H14ClNO. The number of nitrogens with one attached hydrogen (secondary N) is 1. The molecule has 0 saturated carbocycles. The van der Waals surface area contributed by atoms with E-state index in [1.807, 2.05) is 43.3 Å². The molecule has 0 atom stereocenters. The molecule has 17 heavy (non-hydrogen) atoms. The van der Waals surface area contributed by atoms with Gasteiger partial charge in [-0.3, -0.25) is 0 Å². The Balaban J connectivity index is 2.07. The highest BCUT2D eigenvalue weighted by molar-refractivity contribution is 6.30. The van der Waals surface area contributed by atoms with Crippen LogP contribution in [0.5, 0.6) is 5.75 Å². The van der Waals surface area contributed by atoms with Crippen LogP contribution in [0.15, 0.2) is 42.5 Å². The largest absolute Gasteiger partial charge is 0.508 e. The predicted octanol–water partition coefficient (Wildman–Crippen LogP) is 3.97. The summed E-state index contributed by atoms with van der Waals surface area (Å²) >= 11 is 5.81. The first-order valence-electron chi connectivity index (χ1n) is 5.43. The van der Waals surface area contributed by atoms with Gasteiger partial charge in [-0.05, 0) is 37.3 Å². The summed E-state index contributed by atoms with van der Waals surface area (Å²) in [6.45, 7) is 2.60. The fourth-order valence-corrected chi connectivity index (χ4v) is 1.75. The molecule has 0 aliphatic rings. The fourth-order valence-electron chi connectivity index (χ4n) is 1.62. The number of anilines is 1. The zero-order valence-corrected chi connectivity index (χ0v) is 10.3. The average molecular weight is 248 g/mol. The molecule has 0 aliphatic heterocycles. The smallest absolute Gasteiger partial charge is 0.120 e. The second kappa shape index (κ2) is 5.11. The minimum atomic E-state index is 0.317. The summed E-state index contributed by atoms with van der Waals surface area (Å²) in [6, 6.07) is 13.1. The first kappa shape index (κ1) is 11.8. The van der Waals surface area contributed by atoms with Crippen LogP contribution in [0.2, 0.25) is 5.02 Å². The molecule has 0 bridgehead atoms. The van der Waals surface area contributed by atoms with Crippen LogP contribution in [0, 0.1) is 6.92 Å². The number of phenols is 1. The van der Waals surface area contributed by atoms with Gasteiger partial charge < -0.3 is 10.4 Å².